The predicted molar refractivity (Wildman–Crippen MR) is 66.1 cm³/mol. The minimum absolute atomic E-state index is 0.352. The van der Waals surface area contributed by atoms with Crippen molar-refractivity contribution < 1.29 is 5.11 Å². The molecule has 5 atom stereocenters. The lowest BCUT2D eigenvalue weighted by Gasteiger charge is -2.44. The Bertz CT molecular complexity index is 313. The lowest BCUT2D eigenvalue weighted by atomic mass is 9.64. The molecule has 1 spiro atoms. The minimum Gasteiger partial charge on any atom is -0.390 e. The molecule has 0 aliphatic heterocycles. The first-order valence-electron chi connectivity index (χ1n) is 7.03. The molecule has 2 bridgehead atoms. The molecule has 3 saturated carbocycles. The van der Waals surface area contributed by atoms with Gasteiger partial charge in [0.15, 0.2) is 0 Å². The molecule has 16 heavy (non-hydrogen) atoms. The largest absolute Gasteiger partial charge is 0.390 e. The van der Waals surface area contributed by atoms with Crippen LogP contribution in [0.4, 0.5) is 0 Å². The van der Waals surface area contributed by atoms with Crippen LogP contribution in [0.1, 0.15) is 59.8 Å². The second-order valence-electron chi connectivity index (χ2n) is 7.70. The summed E-state index contributed by atoms with van der Waals surface area (Å²) in [5.41, 5.74) is 0.542. The molecule has 1 unspecified atom stereocenters. The molecule has 0 saturated heterocycles. The van der Waals surface area contributed by atoms with E-state index >= 15 is 0 Å². The van der Waals surface area contributed by atoms with Gasteiger partial charge >= 0.3 is 0 Å². The maximum atomic E-state index is 10.6. The van der Waals surface area contributed by atoms with Gasteiger partial charge in [0.1, 0.15) is 0 Å². The van der Waals surface area contributed by atoms with Gasteiger partial charge in [-0.3, -0.25) is 0 Å². The van der Waals surface area contributed by atoms with Gasteiger partial charge in [-0.25, -0.2) is 0 Å². The van der Waals surface area contributed by atoms with Crippen molar-refractivity contribution in [2.45, 2.75) is 65.4 Å². The van der Waals surface area contributed by atoms with E-state index in [-0.39, 0.29) is 0 Å². The number of hydrogen-bond donors (Lipinski definition) is 1. The van der Waals surface area contributed by atoms with Crippen molar-refractivity contribution in [3.8, 4) is 0 Å². The highest BCUT2D eigenvalue weighted by Crippen LogP contribution is 2.73. The van der Waals surface area contributed by atoms with Crippen LogP contribution >= 0.6 is 0 Å². The zero-order valence-electron chi connectivity index (χ0n) is 11.2. The van der Waals surface area contributed by atoms with Crippen molar-refractivity contribution in [3.05, 3.63) is 0 Å². The van der Waals surface area contributed by atoms with E-state index in [2.05, 4.69) is 27.7 Å². The van der Waals surface area contributed by atoms with Crippen LogP contribution in [0, 0.1) is 28.6 Å². The molecule has 0 heterocycles. The molecule has 1 heteroatoms. The molecule has 3 aliphatic carbocycles. The normalized spacial score (nSPS) is 58.7. The van der Waals surface area contributed by atoms with Crippen LogP contribution in [0.15, 0.2) is 0 Å². The van der Waals surface area contributed by atoms with Crippen LogP contribution in [-0.2, 0) is 0 Å². The van der Waals surface area contributed by atoms with Gasteiger partial charge in [-0.1, -0.05) is 20.8 Å². The molecule has 0 aromatic rings. The van der Waals surface area contributed by atoms with Crippen LogP contribution in [-0.4, -0.2) is 10.7 Å². The van der Waals surface area contributed by atoms with Gasteiger partial charge in [-0.05, 0) is 67.6 Å². The summed E-state index contributed by atoms with van der Waals surface area (Å²) in [5, 5.41) is 10.6. The minimum atomic E-state index is -0.404. The van der Waals surface area contributed by atoms with Crippen LogP contribution in [0.3, 0.4) is 0 Å². The summed E-state index contributed by atoms with van der Waals surface area (Å²) in [7, 11) is 0. The lowest BCUT2D eigenvalue weighted by molar-refractivity contribution is -0.0717. The zero-order valence-corrected chi connectivity index (χ0v) is 11.2. The highest BCUT2D eigenvalue weighted by atomic mass is 16.3. The van der Waals surface area contributed by atoms with Crippen molar-refractivity contribution in [1.29, 1.82) is 0 Å². The van der Waals surface area contributed by atoms with Crippen molar-refractivity contribution in [2.24, 2.45) is 28.6 Å². The summed E-state index contributed by atoms with van der Waals surface area (Å²) in [5.74, 6) is 2.29. The average molecular weight is 222 g/mol. The molecule has 3 fully saturated rings. The van der Waals surface area contributed by atoms with Crippen LogP contribution in [0.2, 0.25) is 0 Å². The highest BCUT2D eigenvalue weighted by molar-refractivity contribution is 5.16. The number of aliphatic hydroxyl groups is 1. The second kappa shape index (κ2) is 2.85. The van der Waals surface area contributed by atoms with Gasteiger partial charge in [-0.15, -0.1) is 0 Å². The SMILES string of the molecule is C[C@@H]1CCC2C(C)(C)[C@H]3C[C@]21CC[C@]3(C)O. The molecule has 0 amide bonds. The Kier molecular flexibility index (Phi) is 1.98. The van der Waals surface area contributed by atoms with E-state index in [0.29, 0.717) is 16.7 Å². The summed E-state index contributed by atoms with van der Waals surface area (Å²) in [6, 6.07) is 0. The first-order chi connectivity index (χ1) is 7.31. The monoisotopic (exact) mass is 222 g/mol. The number of rotatable bonds is 0. The van der Waals surface area contributed by atoms with Gasteiger partial charge in [-0.2, -0.15) is 0 Å². The zero-order chi connectivity index (χ0) is 11.8. The summed E-state index contributed by atoms with van der Waals surface area (Å²) in [6.07, 6.45) is 6.41. The average Bonchev–Trinajstić information content (AvgIpc) is 2.58. The summed E-state index contributed by atoms with van der Waals surface area (Å²) in [4.78, 5) is 0. The smallest absolute Gasteiger partial charge is 0.0653 e. The van der Waals surface area contributed by atoms with E-state index in [9.17, 15) is 5.11 Å². The van der Waals surface area contributed by atoms with E-state index in [0.717, 1.165) is 18.3 Å². The van der Waals surface area contributed by atoms with Gasteiger partial charge in [0.2, 0.25) is 0 Å². The van der Waals surface area contributed by atoms with E-state index in [1.54, 1.807) is 0 Å². The molecule has 0 radical (unpaired) electrons. The molecule has 0 aromatic carbocycles. The Balaban J connectivity index is 2.07. The third-order valence-electron chi connectivity index (χ3n) is 6.79. The van der Waals surface area contributed by atoms with Crippen LogP contribution in [0.25, 0.3) is 0 Å². The quantitative estimate of drug-likeness (QED) is 0.664. The van der Waals surface area contributed by atoms with Gasteiger partial charge in [0.25, 0.3) is 0 Å². The summed E-state index contributed by atoms with van der Waals surface area (Å²) < 4.78 is 0. The Morgan fingerprint density at radius 1 is 1.00 bits per heavy atom. The Morgan fingerprint density at radius 3 is 2.38 bits per heavy atom. The molecule has 0 aromatic heterocycles. The highest BCUT2D eigenvalue weighted by Gasteiger charge is 2.67. The lowest BCUT2D eigenvalue weighted by Crippen LogP contribution is -2.44. The fraction of sp³-hybridized carbons (Fsp3) is 1.00. The maximum Gasteiger partial charge on any atom is 0.0653 e. The number of hydrogen-bond acceptors (Lipinski definition) is 1. The molecule has 1 nitrogen and oxygen atoms in total. The predicted octanol–water partition coefficient (Wildman–Crippen LogP) is 3.61. The first kappa shape index (κ1) is 11.1. The third-order valence-corrected chi connectivity index (χ3v) is 6.79. The standard InChI is InChI=1S/C15H26O/c1-10-5-6-11-13(2,3)12-9-15(10,11)8-7-14(12,4)16/h10-12,16H,5-9H2,1-4H3/t10-,11?,12-,14+,15+/m1/s1. The molecular weight excluding hydrogens is 196 g/mol. The van der Waals surface area contributed by atoms with Crippen molar-refractivity contribution in [2.75, 3.05) is 0 Å². The first-order valence-corrected chi connectivity index (χ1v) is 7.03. The van der Waals surface area contributed by atoms with Crippen molar-refractivity contribution in [1.82, 2.24) is 0 Å². The van der Waals surface area contributed by atoms with Crippen molar-refractivity contribution >= 4 is 0 Å². The Morgan fingerprint density at radius 2 is 1.69 bits per heavy atom. The molecular formula is C15H26O. The van der Waals surface area contributed by atoms with E-state index < -0.39 is 5.60 Å². The third kappa shape index (κ3) is 1.06. The van der Waals surface area contributed by atoms with E-state index in [1.165, 1.54) is 25.7 Å². The topological polar surface area (TPSA) is 20.2 Å². The summed E-state index contributed by atoms with van der Waals surface area (Å²) in [6.45, 7) is 9.38. The van der Waals surface area contributed by atoms with E-state index in [4.69, 9.17) is 0 Å². The molecule has 3 rings (SSSR count). The number of fused-ring (bicyclic) bond motifs is 1. The van der Waals surface area contributed by atoms with Gasteiger partial charge in [0.05, 0.1) is 5.60 Å². The van der Waals surface area contributed by atoms with Crippen molar-refractivity contribution in [3.63, 3.8) is 0 Å². The van der Waals surface area contributed by atoms with E-state index in [1.807, 2.05) is 0 Å². The Labute approximate surface area is 99.6 Å². The maximum absolute atomic E-state index is 10.6. The fourth-order valence-electron chi connectivity index (χ4n) is 5.88. The van der Waals surface area contributed by atoms with Crippen LogP contribution < -0.4 is 0 Å². The second-order valence-corrected chi connectivity index (χ2v) is 7.70. The fourth-order valence-corrected chi connectivity index (χ4v) is 5.88. The van der Waals surface area contributed by atoms with Gasteiger partial charge in [0, 0.05) is 0 Å². The Hall–Kier alpha value is -0.0400. The molecule has 92 valence electrons. The van der Waals surface area contributed by atoms with Crippen LogP contribution in [0.5, 0.6) is 0 Å². The summed E-state index contributed by atoms with van der Waals surface area (Å²) >= 11 is 0. The molecule has 1 N–H and O–H groups in total. The molecule has 3 aliphatic rings. The van der Waals surface area contributed by atoms with Gasteiger partial charge < -0.3 is 5.11 Å².